The molecule has 49 heavy (non-hydrogen) atoms. The summed E-state index contributed by atoms with van der Waals surface area (Å²) in [4.78, 5) is 17.5. The van der Waals surface area contributed by atoms with E-state index < -0.39 is 23.9 Å². The van der Waals surface area contributed by atoms with Crippen LogP contribution >= 0.6 is 0 Å². The van der Waals surface area contributed by atoms with E-state index in [2.05, 4.69) is 74.7 Å². The Morgan fingerprint density at radius 1 is 0.816 bits per heavy atom. The van der Waals surface area contributed by atoms with E-state index in [-0.39, 0.29) is 6.79 Å². The average Bonchev–Trinajstić information content (AvgIpc) is 3.42. The normalized spacial score (nSPS) is 14.9. The fraction of sp³-hybridized carbons (Fsp3) is 0.314. The summed E-state index contributed by atoms with van der Waals surface area (Å²) in [6, 6.07) is 25.8. The Labute approximate surface area is 278 Å². The number of pyridine rings is 1. The maximum atomic E-state index is 12.9. The molecule has 8 nitrogen and oxygen atoms in total. The summed E-state index contributed by atoms with van der Waals surface area (Å²) in [7, 11) is 0. The number of carboxylic acid groups (broad SMARTS) is 1. The van der Waals surface area contributed by atoms with Gasteiger partial charge in [0.25, 0.3) is 0 Å². The molecule has 2 aliphatic rings. The summed E-state index contributed by atoms with van der Waals surface area (Å²) in [5.74, 6) is -0.583. The molecule has 14 heteroatoms. The number of rotatable bonds is 8. The van der Waals surface area contributed by atoms with Crippen molar-refractivity contribution in [2.75, 3.05) is 37.9 Å². The molecule has 0 unspecified atom stereocenters. The van der Waals surface area contributed by atoms with Crippen LogP contribution in [0.4, 0.5) is 32.2 Å². The minimum absolute atomic E-state index is 0.273. The van der Waals surface area contributed by atoms with Crippen molar-refractivity contribution in [3.63, 3.8) is 0 Å². The molecule has 0 bridgehead atoms. The predicted octanol–water partition coefficient (Wildman–Crippen LogP) is 7.13. The van der Waals surface area contributed by atoms with E-state index in [0.29, 0.717) is 5.82 Å². The zero-order valence-electron chi connectivity index (χ0n) is 26.2. The maximum Gasteiger partial charge on any atom is 0.490 e. The Morgan fingerprint density at radius 3 is 2.33 bits per heavy atom. The van der Waals surface area contributed by atoms with Crippen LogP contribution in [0.15, 0.2) is 85.1 Å². The van der Waals surface area contributed by atoms with Gasteiger partial charge in [0.2, 0.25) is 6.79 Å². The quantitative estimate of drug-likeness (QED) is 0.189. The van der Waals surface area contributed by atoms with E-state index in [1.807, 2.05) is 12.1 Å². The van der Waals surface area contributed by atoms with Crippen molar-refractivity contribution in [3.05, 3.63) is 107 Å². The number of ether oxygens (including phenoxy) is 2. The topological polar surface area (TPSA) is 87.2 Å². The Balaban J connectivity index is 0.000000606. The van der Waals surface area contributed by atoms with Crippen LogP contribution < -0.4 is 19.7 Å². The molecule has 0 radical (unpaired) electrons. The molecular formula is C35H34F6N4O4. The van der Waals surface area contributed by atoms with Gasteiger partial charge in [0, 0.05) is 52.0 Å². The van der Waals surface area contributed by atoms with Crippen molar-refractivity contribution < 1.29 is 45.7 Å². The third-order valence-electron chi connectivity index (χ3n) is 7.97. The lowest BCUT2D eigenvalue weighted by atomic mass is 9.97. The first-order chi connectivity index (χ1) is 23.4. The van der Waals surface area contributed by atoms with Crippen LogP contribution in [0, 0.1) is 0 Å². The smallest absolute Gasteiger partial charge is 0.475 e. The number of benzene rings is 3. The van der Waals surface area contributed by atoms with E-state index in [0.717, 1.165) is 81.6 Å². The number of aromatic nitrogens is 1. The van der Waals surface area contributed by atoms with E-state index in [4.69, 9.17) is 19.4 Å². The zero-order valence-corrected chi connectivity index (χ0v) is 26.2. The van der Waals surface area contributed by atoms with Crippen LogP contribution in [0.2, 0.25) is 0 Å². The molecule has 1 saturated heterocycles. The lowest BCUT2D eigenvalue weighted by Crippen LogP contribution is -2.31. The van der Waals surface area contributed by atoms with Crippen LogP contribution in [-0.2, 0) is 30.6 Å². The number of halogens is 6. The number of nitrogens with one attached hydrogen (secondary N) is 1. The average molecular weight is 689 g/mol. The van der Waals surface area contributed by atoms with Crippen molar-refractivity contribution in [2.24, 2.45) is 0 Å². The second-order valence-electron chi connectivity index (χ2n) is 11.5. The summed E-state index contributed by atoms with van der Waals surface area (Å²) in [6.45, 7) is 5.75. The Bertz CT molecular complexity index is 1720. The summed E-state index contributed by atoms with van der Waals surface area (Å²) in [5, 5.41) is 10.7. The molecule has 0 amide bonds. The third-order valence-corrected chi connectivity index (χ3v) is 7.97. The Hall–Kier alpha value is -4.82. The number of nitrogens with zero attached hydrogens (tertiary/aromatic N) is 3. The summed E-state index contributed by atoms with van der Waals surface area (Å²) < 4.78 is 81.4. The first-order valence-corrected chi connectivity index (χ1v) is 15.4. The minimum Gasteiger partial charge on any atom is -0.475 e. The van der Waals surface area contributed by atoms with Crippen LogP contribution in [0.25, 0.3) is 11.1 Å². The monoisotopic (exact) mass is 688 g/mol. The summed E-state index contributed by atoms with van der Waals surface area (Å²) >= 11 is 0. The van der Waals surface area contributed by atoms with Gasteiger partial charge >= 0.3 is 18.3 Å². The van der Waals surface area contributed by atoms with Gasteiger partial charge in [-0.2, -0.15) is 26.3 Å². The van der Waals surface area contributed by atoms with E-state index >= 15 is 0 Å². The molecule has 0 spiro atoms. The molecule has 260 valence electrons. The zero-order chi connectivity index (χ0) is 35.0. The third kappa shape index (κ3) is 9.86. The largest absolute Gasteiger partial charge is 0.490 e. The molecule has 6 rings (SSSR count). The van der Waals surface area contributed by atoms with Gasteiger partial charge in [-0.25, -0.2) is 9.78 Å². The Morgan fingerprint density at radius 2 is 1.59 bits per heavy atom. The summed E-state index contributed by atoms with van der Waals surface area (Å²) in [6.07, 6.45) is -7.62. The number of hydrogen-bond donors (Lipinski definition) is 2. The lowest BCUT2D eigenvalue weighted by molar-refractivity contribution is -0.192. The van der Waals surface area contributed by atoms with Crippen molar-refractivity contribution in [1.29, 1.82) is 0 Å². The van der Waals surface area contributed by atoms with Crippen LogP contribution in [-0.4, -0.2) is 60.1 Å². The highest BCUT2D eigenvalue weighted by atomic mass is 19.4. The van der Waals surface area contributed by atoms with Crippen molar-refractivity contribution in [1.82, 2.24) is 15.2 Å². The Kier molecular flexibility index (Phi) is 11.3. The minimum atomic E-state index is -5.08. The van der Waals surface area contributed by atoms with Gasteiger partial charge in [-0.05, 0) is 64.6 Å². The van der Waals surface area contributed by atoms with Crippen LogP contribution in [0.1, 0.15) is 28.7 Å². The molecule has 2 N–H and O–H groups in total. The fourth-order valence-electron chi connectivity index (χ4n) is 5.54. The lowest BCUT2D eigenvalue weighted by Gasteiger charge is -2.23. The second kappa shape index (κ2) is 15.6. The highest BCUT2D eigenvalue weighted by molar-refractivity contribution is 5.73. The van der Waals surface area contributed by atoms with Gasteiger partial charge < -0.3 is 24.8 Å². The van der Waals surface area contributed by atoms with Gasteiger partial charge in [-0.3, -0.25) is 4.90 Å². The standard InChI is InChI=1S/C33H33F3N4O2.C2HF3O2/c34-33(35,36)28-10-12-32(38-21-28)40-14-4-13-39(15-16-40)22-25-5-3-7-26(17-25)29-8-2-1-6-27(29)20-37-19-24-9-11-30-31(18-24)42-23-41-30;3-2(4,5)1(6)7/h1-3,5-12,17-18,21,37H,4,13-16,19-20,22-23H2;(H,6,7). The van der Waals surface area contributed by atoms with Gasteiger partial charge in [0.15, 0.2) is 11.5 Å². The van der Waals surface area contributed by atoms with Gasteiger partial charge in [-0.15, -0.1) is 0 Å². The number of alkyl halides is 6. The van der Waals surface area contributed by atoms with E-state index in [1.165, 1.54) is 28.3 Å². The van der Waals surface area contributed by atoms with Crippen molar-refractivity contribution in [2.45, 2.75) is 38.4 Å². The number of carbonyl (C=O) groups is 1. The molecule has 2 aliphatic heterocycles. The van der Waals surface area contributed by atoms with Gasteiger partial charge in [-0.1, -0.05) is 48.5 Å². The highest BCUT2D eigenvalue weighted by Gasteiger charge is 2.38. The second-order valence-corrected chi connectivity index (χ2v) is 11.5. The molecule has 3 aromatic carbocycles. The molecule has 0 aliphatic carbocycles. The molecule has 1 fully saturated rings. The SMILES string of the molecule is FC(F)(F)c1ccc(N2CCCN(Cc3cccc(-c4ccccc4CNCc4ccc5c(c4)OCO5)c3)CC2)nc1.O=C(O)C(F)(F)F. The molecule has 0 atom stereocenters. The van der Waals surface area contributed by atoms with Gasteiger partial charge in [0.05, 0.1) is 5.56 Å². The highest BCUT2D eigenvalue weighted by Crippen LogP contribution is 2.33. The molecule has 0 saturated carbocycles. The molecule has 3 heterocycles. The molecule has 1 aromatic heterocycles. The first kappa shape index (κ1) is 35.5. The molecule has 4 aromatic rings. The van der Waals surface area contributed by atoms with E-state index in [9.17, 15) is 26.3 Å². The number of hydrogen-bond acceptors (Lipinski definition) is 7. The van der Waals surface area contributed by atoms with E-state index in [1.54, 1.807) is 0 Å². The maximum absolute atomic E-state index is 12.9. The van der Waals surface area contributed by atoms with Crippen LogP contribution in [0.5, 0.6) is 11.5 Å². The predicted molar refractivity (Wildman–Crippen MR) is 170 cm³/mol. The molecular weight excluding hydrogens is 654 g/mol. The first-order valence-electron chi connectivity index (χ1n) is 15.4. The fourth-order valence-corrected chi connectivity index (χ4v) is 5.54. The van der Waals surface area contributed by atoms with Crippen molar-refractivity contribution >= 4 is 11.8 Å². The number of carboxylic acids is 1. The number of aliphatic carboxylic acids is 1. The summed E-state index contributed by atoms with van der Waals surface area (Å²) in [5.41, 5.74) is 5.27. The van der Waals surface area contributed by atoms with Crippen LogP contribution in [0.3, 0.4) is 0 Å². The van der Waals surface area contributed by atoms with Crippen molar-refractivity contribution in [3.8, 4) is 22.6 Å². The number of fused-ring (bicyclic) bond motifs is 1. The number of anilines is 1. The van der Waals surface area contributed by atoms with Gasteiger partial charge in [0.1, 0.15) is 5.82 Å².